The van der Waals surface area contributed by atoms with Gasteiger partial charge >= 0.3 is 0 Å². The Labute approximate surface area is 165 Å². The molecule has 1 N–H and O–H groups in total. The van der Waals surface area contributed by atoms with Gasteiger partial charge in [0.15, 0.2) is 5.69 Å². The van der Waals surface area contributed by atoms with E-state index in [1.54, 1.807) is 36.3 Å². The van der Waals surface area contributed by atoms with Crippen molar-refractivity contribution in [3.8, 4) is 16.8 Å². The van der Waals surface area contributed by atoms with Gasteiger partial charge in [0.05, 0.1) is 12.8 Å². The molecule has 0 aliphatic rings. The summed E-state index contributed by atoms with van der Waals surface area (Å²) in [6.07, 6.45) is 4.79. The van der Waals surface area contributed by atoms with Crippen LogP contribution in [0.5, 0.6) is 0 Å². The first-order chi connectivity index (χ1) is 13.9. The van der Waals surface area contributed by atoms with Crippen molar-refractivity contribution in [3.63, 3.8) is 0 Å². The maximum Gasteiger partial charge on any atom is 0.277 e. The van der Waals surface area contributed by atoms with Crippen molar-refractivity contribution in [1.29, 1.82) is 0 Å². The second-order valence-electron chi connectivity index (χ2n) is 6.22. The van der Waals surface area contributed by atoms with Gasteiger partial charge in [-0.05, 0) is 17.7 Å². The predicted octanol–water partition coefficient (Wildman–Crippen LogP) is 1.25. The topological polar surface area (TPSA) is 100 Å². The summed E-state index contributed by atoms with van der Waals surface area (Å²) in [6.45, 7) is -0.158. The van der Waals surface area contributed by atoms with Gasteiger partial charge in [0.2, 0.25) is 5.43 Å². The number of hydrogen-bond donors (Lipinski definition) is 1. The average molecular weight is 401 g/mol. The molecular weight excluding hydrogens is 381 g/mol. The van der Waals surface area contributed by atoms with Crippen molar-refractivity contribution in [1.82, 2.24) is 24.9 Å². The minimum absolute atomic E-state index is 0.0597. The predicted molar refractivity (Wildman–Crippen MR) is 102 cm³/mol. The van der Waals surface area contributed by atoms with Gasteiger partial charge in [-0.15, -0.1) is 0 Å². The molecule has 1 aromatic carbocycles. The Hall–Kier alpha value is -3.37. The van der Waals surface area contributed by atoms with E-state index in [1.807, 2.05) is 0 Å². The lowest BCUT2D eigenvalue weighted by Crippen LogP contribution is -2.34. The number of aryl methyl sites for hydroxylation is 1. The van der Waals surface area contributed by atoms with E-state index >= 15 is 0 Å². The summed E-state index contributed by atoms with van der Waals surface area (Å²) in [6, 6.07) is 4.47. The zero-order chi connectivity index (χ0) is 21.0. The number of halogens is 1. The number of benzene rings is 1. The number of carbonyl (C=O) groups excluding carboxylic acids is 1. The lowest BCUT2D eigenvalue weighted by Gasteiger charge is -2.12. The van der Waals surface area contributed by atoms with Gasteiger partial charge in [-0.25, -0.2) is 9.07 Å². The fraction of sp³-hybridized carbons (Fsp3) is 0.263. The molecule has 0 spiro atoms. The van der Waals surface area contributed by atoms with Crippen molar-refractivity contribution in [3.05, 3.63) is 64.1 Å². The summed E-state index contributed by atoms with van der Waals surface area (Å²) in [5.74, 6) is -1.30. The highest BCUT2D eigenvalue weighted by atomic mass is 19.1. The van der Waals surface area contributed by atoms with Crippen molar-refractivity contribution in [2.75, 3.05) is 21.0 Å². The van der Waals surface area contributed by atoms with Gasteiger partial charge in [0.25, 0.3) is 5.91 Å². The molecule has 3 rings (SSSR count). The minimum atomic E-state index is -0.729. The summed E-state index contributed by atoms with van der Waals surface area (Å²) in [4.78, 5) is 24.9. The number of aromatic nitrogens is 4. The van der Waals surface area contributed by atoms with Crippen LogP contribution in [0.3, 0.4) is 0 Å². The Morgan fingerprint density at radius 3 is 2.66 bits per heavy atom. The molecule has 0 atom stereocenters. The van der Waals surface area contributed by atoms with Crippen LogP contribution < -0.4 is 10.7 Å². The zero-order valence-electron chi connectivity index (χ0n) is 16.2. The summed E-state index contributed by atoms with van der Waals surface area (Å²) < 4.78 is 27.2. The highest BCUT2D eigenvalue weighted by Gasteiger charge is 2.19. The monoisotopic (exact) mass is 401 g/mol. The van der Waals surface area contributed by atoms with E-state index in [4.69, 9.17) is 9.47 Å². The Morgan fingerprint density at radius 2 is 2.00 bits per heavy atom. The second kappa shape index (κ2) is 8.76. The highest BCUT2D eigenvalue weighted by Crippen LogP contribution is 2.23. The molecule has 29 heavy (non-hydrogen) atoms. The lowest BCUT2D eigenvalue weighted by atomic mass is 10.1. The molecule has 10 heteroatoms. The van der Waals surface area contributed by atoms with E-state index in [9.17, 15) is 14.0 Å². The molecular formula is C19H20FN5O4. The van der Waals surface area contributed by atoms with Crippen LogP contribution in [-0.2, 0) is 23.1 Å². The van der Waals surface area contributed by atoms with Crippen LogP contribution in [0.2, 0.25) is 0 Å². The number of carbonyl (C=O) groups is 1. The maximum atomic E-state index is 14.6. The summed E-state index contributed by atoms with van der Waals surface area (Å²) in [5, 5.41) is 10.6. The molecule has 0 aliphatic carbocycles. The largest absolute Gasteiger partial charge is 0.380 e. The number of methoxy groups -OCH3 is 2. The first kappa shape index (κ1) is 20.4. The molecule has 0 saturated heterocycles. The third-order valence-electron chi connectivity index (χ3n) is 4.12. The van der Waals surface area contributed by atoms with E-state index in [2.05, 4.69) is 15.5 Å². The molecule has 0 unspecified atom stereocenters. The van der Waals surface area contributed by atoms with Gasteiger partial charge in [-0.2, -0.15) is 10.2 Å². The van der Waals surface area contributed by atoms with Crippen LogP contribution >= 0.6 is 0 Å². The van der Waals surface area contributed by atoms with Crippen LogP contribution in [0, 0.1) is 5.82 Å². The first-order valence-corrected chi connectivity index (χ1v) is 8.62. The number of ether oxygens (including phenoxy) is 2. The molecule has 0 saturated carbocycles. The summed E-state index contributed by atoms with van der Waals surface area (Å²) in [5.41, 5.74) is 0.739. The molecule has 9 nitrogen and oxygen atoms in total. The maximum absolute atomic E-state index is 14.6. The van der Waals surface area contributed by atoms with Crippen molar-refractivity contribution < 1.29 is 18.7 Å². The van der Waals surface area contributed by atoms with Gasteiger partial charge in [0, 0.05) is 44.8 Å². The van der Waals surface area contributed by atoms with Gasteiger partial charge in [-0.1, -0.05) is 6.07 Å². The van der Waals surface area contributed by atoms with E-state index in [0.717, 1.165) is 10.2 Å². The SMILES string of the molecule is COCNC(=O)c1nn(-c2cc(-c3cnn(C)c3)ccc2F)cc(COC)c1=O. The third kappa shape index (κ3) is 4.39. The molecule has 2 aromatic heterocycles. The Kier molecular flexibility index (Phi) is 6.15. The third-order valence-corrected chi connectivity index (χ3v) is 4.12. The standard InChI is InChI=1S/C19H20FN5O4/c1-24-8-13(7-22-24)12-4-5-15(20)16(6-12)25-9-14(10-28-2)18(26)17(23-25)19(27)21-11-29-3/h4-9H,10-11H2,1-3H3,(H,21,27). The van der Waals surface area contributed by atoms with Crippen LogP contribution in [0.15, 0.2) is 41.6 Å². The smallest absolute Gasteiger partial charge is 0.277 e. The molecule has 3 aromatic rings. The minimum Gasteiger partial charge on any atom is -0.380 e. The van der Waals surface area contributed by atoms with E-state index < -0.39 is 17.2 Å². The van der Waals surface area contributed by atoms with Gasteiger partial charge in [0.1, 0.15) is 18.2 Å². The number of nitrogens with one attached hydrogen (secondary N) is 1. The number of rotatable bonds is 7. The van der Waals surface area contributed by atoms with Crippen LogP contribution in [0.1, 0.15) is 16.1 Å². The quantitative estimate of drug-likeness (QED) is 0.598. The van der Waals surface area contributed by atoms with Crippen molar-refractivity contribution in [2.24, 2.45) is 7.05 Å². The fourth-order valence-electron chi connectivity index (χ4n) is 2.73. The van der Waals surface area contributed by atoms with Gasteiger partial charge in [-0.3, -0.25) is 14.3 Å². The summed E-state index contributed by atoms with van der Waals surface area (Å²) in [7, 11) is 4.59. The molecule has 0 aliphatic heterocycles. The van der Waals surface area contributed by atoms with Crippen LogP contribution in [0.4, 0.5) is 4.39 Å². The van der Waals surface area contributed by atoms with E-state index in [1.165, 1.54) is 26.5 Å². The van der Waals surface area contributed by atoms with Crippen LogP contribution in [0.25, 0.3) is 16.8 Å². The van der Waals surface area contributed by atoms with E-state index in [0.29, 0.717) is 5.56 Å². The Morgan fingerprint density at radius 1 is 1.21 bits per heavy atom. The van der Waals surface area contributed by atoms with Crippen molar-refractivity contribution >= 4 is 5.91 Å². The molecule has 1 amide bonds. The zero-order valence-corrected chi connectivity index (χ0v) is 16.2. The fourth-order valence-corrected chi connectivity index (χ4v) is 2.73. The number of nitrogens with zero attached hydrogens (tertiary/aromatic N) is 4. The Bertz CT molecular complexity index is 1090. The first-order valence-electron chi connectivity index (χ1n) is 8.62. The summed E-state index contributed by atoms with van der Waals surface area (Å²) >= 11 is 0. The molecule has 2 heterocycles. The normalized spacial score (nSPS) is 10.9. The average Bonchev–Trinajstić information content (AvgIpc) is 3.14. The Balaban J connectivity index is 2.13. The van der Waals surface area contributed by atoms with Gasteiger partial charge < -0.3 is 14.8 Å². The molecule has 0 radical (unpaired) electrons. The van der Waals surface area contributed by atoms with E-state index in [-0.39, 0.29) is 30.3 Å². The lowest BCUT2D eigenvalue weighted by molar-refractivity contribution is 0.0863. The molecule has 152 valence electrons. The molecule has 0 fully saturated rings. The second-order valence-corrected chi connectivity index (χ2v) is 6.22. The molecule has 0 bridgehead atoms. The number of amides is 1. The highest BCUT2D eigenvalue weighted by molar-refractivity contribution is 5.92. The number of hydrogen-bond acceptors (Lipinski definition) is 6. The van der Waals surface area contributed by atoms with Crippen LogP contribution in [-0.4, -0.2) is 46.4 Å². The van der Waals surface area contributed by atoms with Crippen molar-refractivity contribution in [2.45, 2.75) is 6.61 Å².